The minimum atomic E-state index is -4.19. The zero-order chi connectivity index (χ0) is 21.0. The van der Waals surface area contributed by atoms with E-state index in [0.29, 0.717) is 28.1 Å². The summed E-state index contributed by atoms with van der Waals surface area (Å²) in [6, 6.07) is 12.0. The Labute approximate surface area is 175 Å². The Hall–Kier alpha value is -2.58. The van der Waals surface area contributed by atoms with Gasteiger partial charge in [-0.3, -0.25) is 4.79 Å². The molecule has 1 saturated heterocycles. The molecule has 3 amide bonds. The van der Waals surface area contributed by atoms with Gasteiger partial charge in [-0.05, 0) is 50.1 Å². The SMILES string of the molecule is Cc1ccc(S(=O)(=O)N(CC(=O)Nc2cccc(Cl)c2)C(=O)N2CCCC2)cc1. The van der Waals surface area contributed by atoms with E-state index in [4.69, 9.17) is 11.6 Å². The number of halogens is 1. The molecule has 0 aliphatic carbocycles. The number of carbonyl (C=O) groups excluding carboxylic acids is 2. The van der Waals surface area contributed by atoms with Gasteiger partial charge in [-0.15, -0.1) is 0 Å². The number of hydrogen-bond donors (Lipinski definition) is 1. The number of sulfonamides is 1. The molecule has 0 unspecified atom stereocenters. The van der Waals surface area contributed by atoms with Gasteiger partial charge in [0.2, 0.25) is 5.91 Å². The standard InChI is InChI=1S/C20H22ClN3O4S/c1-15-7-9-18(10-8-15)29(27,28)24(20(26)23-11-2-3-12-23)14-19(25)22-17-6-4-5-16(21)13-17/h4-10,13H,2-3,11-12,14H2,1H3,(H,22,25). The average Bonchev–Trinajstić information content (AvgIpc) is 3.21. The lowest BCUT2D eigenvalue weighted by Crippen LogP contribution is -2.48. The van der Waals surface area contributed by atoms with E-state index >= 15 is 0 Å². The molecule has 154 valence electrons. The Kier molecular flexibility index (Phi) is 6.44. The number of rotatable bonds is 5. The number of carbonyl (C=O) groups is 2. The molecule has 1 aliphatic rings. The molecule has 3 rings (SSSR count). The minimum absolute atomic E-state index is 0.0359. The largest absolute Gasteiger partial charge is 0.334 e. The number of likely N-dealkylation sites (tertiary alicyclic amines) is 1. The lowest BCUT2D eigenvalue weighted by Gasteiger charge is -2.27. The molecule has 1 heterocycles. The first kappa shape index (κ1) is 21.1. The lowest BCUT2D eigenvalue weighted by atomic mass is 10.2. The molecule has 9 heteroatoms. The molecular formula is C20H22ClN3O4S. The Balaban J connectivity index is 1.87. The molecule has 0 bridgehead atoms. The van der Waals surface area contributed by atoms with Gasteiger partial charge in [-0.2, -0.15) is 0 Å². The van der Waals surface area contributed by atoms with Crippen LogP contribution in [0.2, 0.25) is 5.02 Å². The summed E-state index contributed by atoms with van der Waals surface area (Å²) in [5, 5.41) is 3.02. The third-order valence-electron chi connectivity index (χ3n) is 4.59. The van der Waals surface area contributed by atoms with Gasteiger partial charge in [0.15, 0.2) is 0 Å². The Morgan fingerprint density at radius 2 is 1.76 bits per heavy atom. The summed E-state index contributed by atoms with van der Waals surface area (Å²) in [4.78, 5) is 26.9. The lowest BCUT2D eigenvalue weighted by molar-refractivity contribution is -0.116. The van der Waals surface area contributed by atoms with Crippen LogP contribution in [0.4, 0.5) is 10.5 Å². The molecule has 7 nitrogen and oxygen atoms in total. The number of amides is 3. The Morgan fingerprint density at radius 3 is 2.38 bits per heavy atom. The summed E-state index contributed by atoms with van der Waals surface area (Å²) in [5.41, 5.74) is 1.31. The number of urea groups is 1. The smallest absolute Gasteiger partial charge is 0.324 e. The second-order valence-electron chi connectivity index (χ2n) is 6.86. The van der Waals surface area contributed by atoms with Crippen LogP contribution in [0.25, 0.3) is 0 Å². The normalized spacial score (nSPS) is 13.9. The molecule has 2 aromatic rings. The summed E-state index contributed by atoms with van der Waals surface area (Å²) in [5.74, 6) is -0.629. The van der Waals surface area contributed by atoms with E-state index in [1.54, 1.807) is 36.4 Å². The van der Waals surface area contributed by atoms with Crippen LogP contribution in [0.5, 0.6) is 0 Å². The highest BCUT2D eigenvalue weighted by atomic mass is 35.5. The molecule has 0 aromatic heterocycles. The van der Waals surface area contributed by atoms with Crippen molar-refractivity contribution < 1.29 is 18.0 Å². The van der Waals surface area contributed by atoms with E-state index in [2.05, 4.69) is 5.32 Å². The van der Waals surface area contributed by atoms with Crippen LogP contribution in [0.3, 0.4) is 0 Å². The van der Waals surface area contributed by atoms with E-state index in [9.17, 15) is 18.0 Å². The van der Waals surface area contributed by atoms with Gasteiger partial charge in [-0.25, -0.2) is 17.5 Å². The molecule has 0 spiro atoms. The number of nitrogens with one attached hydrogen (secondary N) is 1. The first-order valence-corrected chi connectivity index (χ1v) is 11.0. The van der Waals surface area contributed by atoms with Gasteiger partial charge < -0.3 is 10.2 Å². The maximum absolute atomic E-state index is 13.2. The topological polar surface area (TPSA) is 86.8 Å². The highest BCUT2D eigenvalue weighted by Crippen LogP contribution is 2.21. The van der Waals surface area contributed by atoms with Crippen molar-refractivity contribution in [2.24, 2.45) is 0 Å². The zero-order valence-corrected chi connectivity index (χ0v) is 17.5. The van der Waals surface area contributed by atoms with Crippen LogP contribution >= 0.6 is 11.6 Å². The third-order valence-corrected chi connectivity index (χ3v) is 6.56. The van der Waals surface area contributed by atoms with Crippen molar-refractivity contribution in [3.8, 4) is 0 Å². The van der Waals surface area contributed by atoms with Crippen molar-refractivity contribution in [2.45, 2.75) is 24.7 Å². The third kappa shape index (κ3) is 5.07. The second-order valence-corrected chi connectivity index (χ2v) is 9.16. The Morgan fingerprint density at radius 1 is 1.10 bits per heavy atom. The second kappa shape index (κ2) is 8.84. The van der Waals surface area contributed by atoms with E-state index in [1.165, 1.54) is 17.0 Å². The quantitative estimate of drug-likeness (QED) is 0.778. The summed E-state index contributed by atoms with van der Waals surface area (Å²) in [7, 11) is -4.19. The van der Waals surface area contributed by atoms with Crippen molar-refractivity contribution in [3.05, 3.63) is 59.1 Å². The first-order chi connectivity index (χ1) is 13.8. The fourth-order valence-electron chi connectivity index (χ4n) is 3.06. The molecule has 1 fully saturated rings. The fraction of sp³-hybridized carbons (Fsp3) is 0.300. The van der Waals surface area contributed by atoms with Crippen LogP contribution in [0.15, 0.2) is 53.4 Å². The van der Waals surface area contributed by atoms with Gasteiger partial charge in [0.25, 0.3) is 10.0 Å². The summed E-state index contributed by atoms with van der Waals surface area (Å²) in [6.45, 7) is 2.14. The van der Waals surface area contributed by atoms with Crippen LogP contribution in [0, 0.1) is 6.92 Å². The van der Waals surface area contributed by atoms with Gasteiger partial charge in [0.1, 0.15) is 6.54 Å². The van der Waals surface area contributed by atoms with Gasteiger partial charge in [-0.1, -0.05) is 35.4 Å². The van der Waals surface area contributed by atoms with Gasteiger partial charge >= 0.3 is 6.03 Å². The maximum atomic E-state index is 13.2. The first-order valence-electron chi connectivity index (χ1n) is 9.21. The van der Waals surface area contributed by atoms with Crippen molar-refractivity contribution in [1.82, 2.24) is 9.21 Å². The number of benzene rings is 2. The predicted molar refractivity (Wildman–Crippen MR) is 111 cm³/mol. The van der Waals surface area contributed by atoms with Crippen molar-refractivity contribution in [1.29, 1.82) is 0 Å². The molecule has 0 atom stereocenters. The maximum Gasteiger partial charge on any atom is 0.334 e. The van der Waals surface area contributed by atoms with Crippen molar-refractivity contribution in [3.63, 3.8) is 0 Å². The molecule has 1 N–H and O–H groups in total. The van der Waals surface area contributed by atoms with Gasteiger partial charge in [0, 0.05) is 23.8 Å². The zero-order valence-electron chi connectivity index (χ0n) is 16.0. The summed E-state index contributed by atoms with van der Waals surface area (Å²) < 4.78 is 27.0. The average molecular weight is 436 g/mol. The van der Waals surface area contributed by atoms with E-state index in [1.807, 2.05) is 6.92 Å². The molecule has 0 saturated carbocycles. The van der Waals surface area contributed by atoms with Crippen molar-refractivity contribution in [2.75, 3.05) is 25.0 Å². The van der Waals surface area contributed by atoms with Crippen LogP contribution in [-0.4, -0.2) is 49.2 Å². The van der Waals surface area contributed by atoms with Crippen molar-refractivity contribution >= 4 is 39.2 Å². The van der Waals surface area contributed by atoms with Crippen LogP contribution in [0.1, 0.15) is 18.4 Å². The molecule has 1 aliphatic heterocycles. The highest BCUT2D eigenvalue weighted by Gasteiger charge is 2.35. The predicted octanol–water partition coefficient (Wildman–Crippen LogP) is 3.49. The molecular weight excluding hydrogens is 414 g/mol. The molecule has 2 aromatic carbocycles. The molecule has 29 heavy (non-hydrogen) atoms. The van der Waals surface area contributed by atoms with Gasteiger partial charge in [0.05, 0.1) is 4.90 Å². The van der Waals surface area contributed by atoms with E-state index in [-0.39, 0.29) is 4.90 Å². The summed E-state index contributed by atoms with van der Waals surface area (Å²) in [6.07, 6.45) is 1.61. The van der Waals surface area contributed by atoms with Crippen LogP contribution in [-0.2, 0) is 14.8 Å². The monoisotopic (exact) mass is 435 g/mol. The minimum Gasteiger partial charge on any atom is -0.324 e. The number of hydrogen-bond acceptors (Lipinski definition) is 4. The number of nitrogens with zero attached hydrogens (tertiary/aromatic N) is 2. The fourth-order valence-corrected chi connectivity index (χ4v) is 4.59. The number of aryl methyl sites for hydroxylation is 1. The van der Waals surface area contributed by atoms with E-state index < -0.39 is 28.5 Å². The number of anilines is 1. The molecule has 0 radical (unpaired) electrons. The van der Waals surface area contributed by atoms with E-state index in [0.717, 1.165) is 18.4 Å². The Bertz CT molecular complexity index is 1000. The van der Waals surface area contributed by atoms with Crippen LogP contribution < -0.4 is 5.32 Å². The summed E-state index contributed by atoms with van der Waals surface area (Å²) >= 11 is 5.92. The highest BCUT2D eigenvalue weighted by molar-refractivity contribution is 7.89.